The molecule has 1 nitrogen and oxygen atoms in total. The number of hydrogen-bond donors (Lipinski definition) is 2. The first-order valence-electron chi connectivity index (χ1n) is 5.04. The molecule has 0 aliphatic rings. The van der Waals surface area contributed by atoms with Gasteiger partial charge in [0, 0.05) is 0 Å². The zero-order valence-corrected chi connectivity index (χ0v) is 9.67. The average molecular weight is 210 g/mol. The molecule has 1 rings (SSSR count). The van der Waals surface area contributed by atoms with Gasteiger partial charge in [0.05, 0.1) is 6.10 Å². The molecule has 1 atom stereocenters. The Kier molecular flexibility index (Phi) is 4.49. The van der Waals surface area contributed by atoms with Gasteiger partial charge in [-0.05, 0) is 29.2 Å². The zero-order valence-electron chi connectivity index (χ0n) is 8.77. The third-order valence-corrected chi connectivity index (χ3v) is 2.65. The van der Waals surface area contributed by atoms with E-state index in [1.807, 2.05) is 12.1 Å². The van der Waals surface area contributed by atoms with Gasteiger partial charge >= 0.3 is 0 Å². The van der Waals surface area contributed by atoms with E-state index in [4.69, 9.17) is 0 Å². The number of thiol groups is 1. The maximum atomic E-state index is 9.70. The van der Waals surface area contributed by atoms with Crippen molar-refractivity contribution in [3.63, 3.8) is 0 Å². The second-order valence-corrected chi connectivity index (χ2v) is 4.30. The lowest BCUT2D eigenvalue weighted by atomic mass is 9.99. The van der Waals surface area contributed by atoms with Gasteiger partial charge in [0.25, 0.3) is 0 Å². The molecule has 0 aliphatic carbocycles. The monoisotopic (exact) mass is 210 g/mol. The Bertz CT molecular complexity index is 266. The molecule has 0 aromatic heterocycles. The highest BCUT2D eigenvalue weighted by atomic mass is 32.1. The Morgan fingerprint density at radius 3 is 2.07 bits per heavy atom. The molecule has 0 bridgehead atoms. The van der Waals surface area contributed by atoms with E-state index in [0.29, 0.717) is 18.1 Å². The van der Waals surface area contributed by atoms with Crippen molar-refractivity contribution in [2.24, 2.45) is 0 Å². The zero-order chi connectivity index (χ0) is 10.6. The van der Waals surface area contributed by atoms with Crippen LogP contribution in [0.15, 0.2) is 24.3 Å². The molecular formula is C12H18OS. The molecule has 0 aliphatic heterocycles. The first kappa shape index (κ1) is 11.6. The lowest BCUT2D eigenvalue weighted by Gasteiger charge is -2.11. The van der Waals surface area contributed by atoms with Crippen LogP contribution < -0.4 is 0 Å². The van der Waals surface area contributed by atoms with Crippen LogP contribution in [0.3, 0.4) is 0 Å². The Morgan fingerprint density at radius 1 is 1.14 bits per heavy atom. The summed E-state index contributed by atoms with van der Waals surface area (Å²) in [5, 5.41) is 9.70. The summed E-state index contributed by atoms with van der Waals surface area (Å²) in [5.74, 6) is 1.26. The number of aliphatic hydroxyl groups excluding tert-OH is 1. The Morgan fingerprint density at radius 2 is 1.64 bits per heavy atom. The highest BCUT2D eigenvalue weighted by Crippen LogP contribution is 2.20. The van der Waals surface area contributed by atoms with Crippen LogP contribution in [0.4, 0.5) is 0 Å². The van der Waals surface area contributed by atoms with Crippen molar-refractivity contribution in [2.45, 2.75) is 32.3 Å². The fourth-order valence-corrected chi connectivity index (χ4v) is 1.64. The standard InChI is InChI=1S/C12H18OS/c1-9(2)10-3-5-11(6-4-10)12(13)7-8-14/h3-6,9,12-14H,7-8H2,1-2H3. The highest BCUT2D eigenvalue weighted by Gasteiger charge is 2.06. The fraction of sp³-hybridized carbons (Fsp3) is 0.500. The molecule has 14 heavy (non-hydrogen) atoms. The van der Waals surface area contributed by atoms with Gasteiger partial charge in [-0.3, -0.25) is 0 Å². The third kappa shape index (κ3) is 3.03. The van der Waals surface area contributed by atoms with Crippen LogP contribution in [0.1, 0.15) is 43.4 Å². The molecular weight excluding hydrogens is 192 g/mol. The van der Waals surface area contributed by atoms with E-state index in [2.05, 4.69) is 38.6 Å². The van der Waals surface area contributed by atoms with Gasteiger partial charge in [-0.15, -0.1) is 0 Å². The van der Waals surface area contributed by atoms with Gasteiger partial charge in [-0.1, -0.05) is 38.1 Å². The minimum atomic E-state index is -0.367. The van der Waals surface area contributed by atoms with Gasteiger partial charge in [0.2, 0.25) is 0 Å². The van der Waals surface area contributed by atoms with E-state index >= 15 is 0 Å². The van der Waals surface area contributed by atoms with E-state index < -0.39 is 0 Å². The molecule has 0 amide bonds. The second kappa shape index (κ2) is 5.42. The molecule has 1 aromatic carbocycles. The van der Waals surface area contributed by atoms with Crippen molar-refractivity contribution in [3.8, 4) is 0 Å². The largest absolute Gasteiger partial charge is 0.388 e. The van der Waals surface area contributed by atoms with Crippen LogP contribution in [-0.4, -0.2) is 10.9 Å². The summed E-state index contributed by atoms with van der Waals surface area (Å²) in [6, 6.07) is 8.18. The summed E-state index contributed by atoms with van der Waals surface area (Å²) < 4.78 is 0. The first-order chi connectivity index (χ1) is 6.65. The second-order valence-electron chi connectivity index (χ2n) is 3.85. The molecule has 1 N–H and O–H groups in total. The van der Waals surface area contributed by atoms with E-state index in [1.54, 1.807) is 0 Å². The van der Waals surface area contributed by atoms with Crippen molar-refractivity contribution in [1.29, 1.82) is 0 Å². The van der Waals surface area contributed by atoms with E-state index in [1.165, 1.54) is 5.56 Å². The van der Waals surface area contributed by atoms with Crippen LogP contribution in [0.25, 0.3) is 0 Å². The van der Waals surface area contributed by atoms with Gasteiger partial charge in [-0.25, -0.2) is 0 Å². The fourth-order valence-electron chi connectivity index (χ4n) is 1.39. The summed E-state index contributed by atoms with van der Waals surface area (Å²) >= 11 is 4.10. The third-order valence-electron chi connectivity index (χ3n) is 2.39. The van der Waals surface area contributed by atoms with Crippen LogP contribution in [-0.2, 0) is 0 Å². The first-order valence-corrected chi connectivity index (χ1v) is 5.67. The number of rotatable bonds is 4. The SMILES string of the molecule is CC(C)c1ccc(C(O)CCS)cc1. The van der Waals surface area contributed by atoms with Gasteiger partial charge in [0.1, 0.15) is 0 Å². The predicted molar refractivity (Wildman–Crippen MR) is 64.0 cm³/mol. The minimum absolute atomic E-state index is 0.367. The molecule has 0 radical (unpaired) electrons. The van der Waals surface area contributed by atoms with Crippen molar-refractivity contribution in [2.75, 3.05) is 5.75 Å². The highest BCUT2D eigenvalue weighted by molar-refractivity contribution is 7.80. The van der Waals surface area contributed by atoms with Crippen LogP contribution in [0, 0.1) is 0 Å². The average Bonchev–Trinajstić information content (AvgIpc) is 2.18. The molecule has 0 heterocycles. The summed E-state index contributed by atoms with van der Waals surface area (Å²) in [6.45, 7) is 4.33. The van der Waals surface area contributed by atoms with Crippen molar-refractivity contribution >= 4 is 12.6 Å². The molecule has 1 unspecified atom stereocenters. The van der Waals surface area contributed by atoms with Crippen LogP contribution >= 0.6 is 12.6 Å². The van der Waals surface area contributed by atoms with Crippen LogP contribution in [0.5, 0.6) is 0 Å². The topological polar surface area (TPSA) is 20.2 Å². The Hall–Kier alpha value is -0.470. The van der Waals surface area contributed by atoms with E-state index in [9.17, 15) is 5.11 Å². The van der Waals surface area contributed by atoms with Gasteiger partial charge in [0.15, 0.2) is 0 Å². The summed E-state index contributed by atoms with van der Waals surface area (Å²) in [7, 11) is 0. The molecule has 0 spiro atoms. The lowest BCUT2D eigenvalue weighted by molar-refractivity contribution is 0.175. The maximum Gasteiger partial charge on any atom is 0.0797 e. The molecule has 1 aromatic rings. The number of hydrogen-bond acceptors (Lipinski definition) is 2. The van der Waals surface area contributed by atoms with E-state index in [0.717, 1.165) is 5.56 Å². The van der Waals surface area contributed by atoms with Crippen molar-refractivity contribution in [3.05, 3.63) is 35.4 Å². The maximum absolute atomic E-state index is 9.70. The van der Waals surface area contributed by atoms with E-state index in [-0.39, 0.29) is 6.10 Å². The molecule has 0 saturated heterocycles. The van der Waals surface area contributed by atoms with Gasteiger partial charge in [-0.2, -0.15) is 12.6 Å². The van der Waals surface area contributed by atoms with Crippen LogP contribution in [0.2, 0.25) is 0 Å². The van der Waals surface area contributed by atoms with Gasteiger partial charge < -0.3 is 5.11 Å². The molecule has 0 saturated carbocycles. The quantitative estimate of drug-likeness (QED) is 0.731. The molecule has 78 valence electrons. The van der Waals surface area contributed by atoms with Crippen molar-refractivity contribution < 1.29 is 5.11 Å². The van der Waals surface area contributed by atoms with Crippen molar-refractivity contribution in [1.82, 2.24) is 0 Å². The summed E-state index contributed by atoms with van der Waals surface area (Å²) in [5.41, 5.74) is 2.30. The minimum Gasteiger partial charge on any atom is -0.388 e. The summed E-state index contributed by atoms with van der Waals surface area (Å²) in [4.78, 5) is 0. The normalized spacial score (nSPS) is 13.2. The Balaban J connectivity index is 2.72. The lowest BCUT2D eigenvalue weighted by Crippen LogP contribution is -1.98. The predicted octanol–water partition coefficient (Wildman–Crippen LogP) is 3.16. The number of benzene rings is 1. The Labute approximate surface area is 91.6 Å². The number of aliphatic hydroxyl groups is 1. The molecule has 2 heteroatoms. The smallest absolute Gasteiger partial charge is 0.0797 e. The summed E-state index contributed by atoms with van der Waals surface area (Å²) in [6.07, 6.45) is 0.346. The molecule has 0 fully saturated rings.